The molecule has 0 aliphatic carbocycles. The van der Waals surface area contributed by atoms with Crippen molar-refractivity contribution in [1.82, 2.24) is 10.1 Å². The second kappa shape index (κ2) is 4.73. The first-order valence-corrected chi connectivity index (χ1v) is 7.61. The Bertz CT molecular complexity index is 483. The average molecular weight is 259 g/mol. The number of hydrogen-bond donors (Lipinski definition) is 1. The van der Waals surface area contributed by atoms with E-state index in [-0.39, 0.29) is 23.5 Å². The lowest BCUT2D eigenvalue weighted by molar-refractivity contribution is 0.355. The maximum Gasteiger partial charge on any atom is 0.230 e. The van der Waals surface area contributed by atoms with Crippen molar-refractivity contribution in [1.29, 1.82) is 0 Å². The van der Waals surface area contributed by atoms with E-state index in [9.17, 15) is 8.42 Å². The summed E-state index contributed by atoms with van der Waals surface area (Å²) in [5, 5.41) is 3.84. The third-order valence-electron chi connectivity index (χ3n) is 3.03. The van der Waals surface area contributed by atoms with Gasteiger partial charge in [-0.3, -0.25) is 0 Å². The number of nitrogens with two attached hydrogens (primary N) is 1. The van der Waals surface area contributed by atoms with Crippen LogP contribution in [0.3, 0.4) is 0 Å². The van der Waals surface area contributed by atoms with E-state index in [2.05, 4.69) is 10.1 Å². The van der Waals surface area contributed by atoms with Crippen LogP contribution in [0.15, 0.2) is 4.52 Å². The van der Waals surface area contributed by atoms with Crippen LogP contribution < -0.4 is 5.73 Å². The van der Waals surface area contributed by atoms with Gasteiger partial charge in [-0.25, -0.2) is 8.42 Å². The van der Waals surface area contributed by atoms with Crippen LogP contribution in [0, 0.1) is 0 Å². The Morgan fingerprint density at radius 1 is 1.59 bits per heavy atom. The molecule has 0 radical (unpaired) electrons. The summed E-state index contributed by atoms with van der Waals surface area (Å²) < 4.78 is 27.8. The van der Waals surface area contributed by atoms with Gasteiger partial charge in [-0.05, 0) is 12.8 Å². The summed E-state index contributed by atoms with van der Waals surface area (Å²) in [5.74, 6) is 1.19. The summed E-state index contributed by atoms with van der Waals surface area (Å²) in [6.07, 6.45) is 1.99. The van der Waals surface area contributed by atoms with Crippen molar-refractivity contribution in [3.05, 3.63) is 11.7 Å². The highest BCUT2D eigenvalue weighted by molar-refractivity contribution is 7.91. The monoisotopic (exact) mass is 259 g/mol. The van der Waals surface area contributed by atoms with Crippen LogP contribution in [0.2, 0.25) is 0 Å². The van der Waals surface area contributed by atoms with E-state index >= 15 is 0 Å². The van der Waals surface area contributed by atoms with Gasteiger partial charge in [0.25, 0.3) is 0 Å². The van der Waals surface area contributed by atoms with Gasteiger partial charge in [-0.15, -0.1) is 0 Å². The van der Waals surface area contributed by atoms with Crippen LogP contribution in [-0.2, 0) is 16.3 Å². The zero-order valence-corrected chi connectivity index (χ0v) is 10.6. The fraction of sp³-hybridized carbons (Fsp3) is 0.800. The third-order valence-corrected chi connectivity index (χ3v) is 4.80. The van der Waals surface area contributed by atoms with Gasteiger partial charge in [0.1, 0.15) is 0 Å². The van der Waals surface area contributed by atoms with Crippen molar-refractivity contribution in [3.8, 4) is 0 Å². The van der Waals surface area contributed by atoms with Crippen molar-refractivity contribution in [2.24, 2.45) is 5.73 Å². The zero-order valence-electron chi connectivity index (χ0n) is 9.80. The number of sulfone groups is 1. The largest absolute Gasteiger partial charge is 0.339 e. The quantitative estimate of drug-likeness (QED) is 0.832. The summed E-state index contributed by atoms with van der Waals surface area (Å²) in [5.41, 5.74) is 5.79. The molecule has 2 atom stereocenters. The minimum atomic E-state index is -2.91. The fourth-order valence-corrected chi connectivity index (χ4v) is 3.62. The smallest absolute Gasteiger partial charge is 0.230 e. The van der Waals surface area contributed by atoms with Gasteiger partial charge < -0.3 is 10.3 Å². The third kappa shape index (κ3) is 3.04. The Morgan fingerprint density at radius 2 is 2.35 bits per heavy atom. The standard InChI is InChI=1S/C10H17N3O3S/c1-2-8(11)5-9-12-10(16-13-9)7-3-4-17(14,15)6-7/h7-8H,2-6,11H2,1H3. The zero-order chi connectivity index (χ0) is 12.5. The molecular weight excluding hydrogens is 242 g/mol. The summed E-state index contributed by atoms with van der Waals surface area (Å²) >= 11 is 0. The summed E-state index contributed by atoms with van der Waals surface area (Å²) in [6.45, 7) is 2.00. The molecule has 7 heteroatoms. The molecule has 1 aromatic rings. The van der Waals surface area contributed by atoms with Crippen LogP contribution in [0.4, 0.5) is 0 Å². The van der Waals surface area contributed by atoms with Gasteiger partial charge in [-0.1, -0.05) is 12.1 Å². The molecule has 17 heavy (non-hydrogen) atoms. The molecule has 0 saturated carbocycles. The molecule has 2 N–H and O–H groups in total. The molecule has 0 spiro atoms. The van der Waals surface area contributed by atoms with Gasteiger partial charge in [0, 0.05) is 12.5 Å². The maximum absolute atomic E-state index is 11.3. The van der Waals surface area contributed by atoms with Gasteiger partial charge in [0.05, 0.1) is 17.4 Å². The normalized spacial score (nSPS) is 24.9. The molecule has 1 aliphatic rings. The number of nitrogens with zero attached hydrogens (tertiary/aromatic N) is 2. The minimum Gasteiger partial charge on any atom is -0.339 e. The van der Waals surface area contributed by atoms with E-state index < -0.39 is 9.84 Å². The lowest BCUT2D eigenvalue weighted by atomic mass is 10.1. The van der Waals surface area contributed by atoms with E-state index in [1.54, 1.807) is 0 Å². The fourth-order valence-electron chi connectivity index (χ4n) is 1.88. The Hall–Kier alpha value is -0.950. The molecule has 1 saturated heterocycles. The second-order valence-corrected chi connectivity index (χ2v) is 6.75. The molecule has 6 nitrogen and oxygen atoms in total. The summed E-state index contributed by atoms with van der Waals surface area (Å²) in [6, 6.07) is 0.0211. The van der Waals surface area contributed by atoms with E-state index in [0.717, 1.165) is 6.42 Å². The van der Waals surface area contributed by atoms with E-state index in [1.807, 2.05) is 6.92 Å². The Kier molecular flexibility index (Phi) is 3.48. The van der Waals surface area contributed by atoms with Crippen molar-refractivity contribution in [3.63, 3.8) is 0 Å². The summed E-state index contributed by atoms with van der Waals surface area (Å²) in [4.78, 5) is 4.22. The molecular formula is C10H17N3O3S. The van der Waals surface area contributed by atoms with Gasteiger partial charge >= 0.3 is 0 Å². The first-order valence-electron chi connectivity index (χ1n) is 5.78. The topological polar surface area (TPSA) is 99.1 Å². The van der Waals surface area contributed by atoms with E-state index in [4.69, 9.17) is 10.3 Å². The SMILES string of the molecule is CCC(N)Cc1noc(C2CCS(=O)(=O)C2)n1. The average Bonchev–Trinajstić information content (AvgIpc) is 2.84. The Morgan fingerprint density at radius 3 is 2.94 bits per heavy atom. The predicted octanol–water partition coefficient (Wildman–Crippen LogP) is 0.251. The molecule has 1 fully saturated rings. The molecule has 96 valence electrons. The lowest BCUT2D eigenvalue weighted by Gasteiger charge is -2.03. The maximum atomic E-state index is 11.3. The molecule has 2 unspecified atom stereocenters. The minimum absolute atomic E-state index is 0.0211. The van der Waals surface area contributed by atoms with Crippen molar-refractivity contribution < 1.29 is 12.9 Å². The van der Waals surface area contributed by atoms with Crippen molar-refractivity contribution >= 4 is 9.84 Å². The number of aromatic nitrogens is 2. The molecule has 0 bridgehead atoms. The molecule has 0 aromatic carbocycles. The first kappa shape index (κ1) is 12.5. The van der Waals surface area contributed by atoms with Crippen LogP contribution in [0.1, 0.15) is 37.4 Å². The Balaban J connectivity index is 2.04. The number of hydrogen-bond acceptors (Lipinski definition) is 6. The second-order valence-electron chi connectivity index (χ2n) is 4.52. The highest BCUT2D eigenvalue weighted by Crippen LogP contribution is 2.27. The molecule has 1 aromatic heterocycles. The Labute approximate surface area is 100 Å². The van der Waals surface area contributed by atoms with Crippen LogP contribution >= 0.6 is 0 Å². The van der Waals surface area contributed by atoms with Crippen LogP contribution in [0.25, 0.3) is 0 Å². The van der Waals surface area contributed by atoms with Crippen LogP contribution in [0.5, 0.6) is 0 Å². The van der Waals surface area contributed by atoms with Gasteiger partial charge in [0.15, 0.2) is 15.7 Å². The lowest BCUT2D eigenvalue weighted by Crippen LogP contribution is -2.22. The first-order chi connectivity index (χ1) is 8.00. The highest BCUT2D eigenvalue weighted by Gasteiger charge is 2.32. The number of rotatable bonds is 4. The van der Waals surface area contributed by atoms with Crippen molar-refractivity contribution in [2.75, 3.05) is 11.5 Å². The summed E-state index contributed by atoms with van der Waals surface area (Å²) in [7, 11) is -2.91. The molecule has 0 amide bonds. The molecule has 2 heterocycles. The predicted molar refractivity (Wildman–Crippen MR) is 62.3 cm³/mol. The van der Waals surface area contributed by atoms with Crippen molar-refractivity contribution in [2.45, 2.75) is 38.1 Å². The molecule has 2 rings (SSSR count). The van der Waals surface area contributed by atoms with E-state index in [0.29, 0.717) is 24.6 Å². The van der Waals surface area contributed by atoms with Crippen LogP contribution in [-0.4, -0.2) is 36.1 Å². The van der Waals surface area contributed by atoms with Gasteiger partial charge in [-0.2, -0.15) is 4.98 Å². The highest BCUT2D eigenvalue weighted by atomic mass is 32.2. The van der Waals surface area contributed by atoms with Gasteiger partial charge in [0.2, 0.25) is 5.89 Å². The molecule has 1 aliphatic heterocycles. The van der Waals surface area contributed by atoms with E-state index in [1.165, 1.54) is 0 Å².